The van der Waals surface area contributed by atoms with Crippen LogP contribution in [-0.2, 0) is 9.31 Å². The van der Waals surface area contributed by atoms with Crippen LogP contribution in [0.4, 0.5) is 0 Å². The van der Waals surface area contributed by atoms with Crippen molar-refractivity contribution in [1.82, 2.24) is 4.98 Å². The van der Waals surface area contributed by atoms with Gasteiger partial charge in [0.2, 0.25) is 0 Å². The smallest absolute Gasteiger partial charge is 0.494 e. The van der Waals surface area contributed by atoms with Crippen LogP contribution in [0.15, 0.2) is 114 Å². The molecule has 2 heterocycles. The van der Waals surface area contributed by atoms with E-state index in [-0.39, 0.29) is 28.5 Å². The molecule has 0 aliphatic carbocycles. The summed E-state index contributed by atoms with van der Waals surface area (Å²) in [5.74, 6) is -1.14. The van der Waals surface area contributed by atoms with Gasteiger partial charge in [-0.25, -0.2) is 9.78 Å². The van der Waals surface area contributed by atoms with Crippen molar-refractivity contribution in [3.63, 3.8) is 0 Å². The van der Waals surface area contributed by atoms with Gasteiger partial charge in [0.1, 0.15) is 22.9 Å². The van der Waals surface area contributed by atoms with E-state index in [9.17, 15) is 34.5 Å². The number of carboxylic acids is 1. The fraction of sp³-hybridized carbons (Fsp3) is 0.133. The zero-order chi connectivity index (χ0) is 41.9. The summed E-state index contributed by atoms with van der Waals surface area (Å²) in [4.78, 5) is 48.1. The second-order valence-corrected chi connectivity index (χ2v) is 15.3. The number of carbonyl (C=O) groups excluding carboxylic acids is 3. The van der Waals surface area contributed by atoms with Gasteiger partial charge in [-0.05, 0) is 114 Å². The van der Waals surface area contributed by atoms with Gasteiger partial charge in [0.15, 0.2) is 18.9 Å². The van der Waals surface area contributed by atoms with Gasteiger partial charge in [0, 0.05) is 10.0 Å². The predicted octanol–water partition coefficient (Wildman–Crippen LogP) is 8.90. The Labute approximate surface area is 341 Å². The minimum Gasteiger partial charge on any atom is -0.507 e. The molecule has 8 rings (SSSR count). The molecule has 0 saturated carbocycles. The molecule has 4 N–H and O–H groups in total. The Hall–Kier alpha value is -6.41. The molecule has 292 valence electrons. The number of hydrogen-bond donors (Lipinski definition) is 4. The van der Waals surface area contributed by atoms with Crippen molar-refractivity contribution in [3.8, 4) is 28.5 Å². The summed E-state index contributed by atoms with van der Waals surface area (Å²) in [5, 5.41) is 42.5. The molecule has 0 unspecified atom stereocenters. The van der Waals surface area contributed by atoms with Crippen molar-refractivity contribution in [2.75, 3.05) is 0 Å². The van der Waals surface area contributed by atoms with Crippen LogP contribution in [0.2, 0.25) is 0 Å². The molecular weight excluding hydrogens is 805 g/mol. The van der Waals surface area contributed by atoms with Crippen molar-refractivity contribution in [3.05, 3.63) is 136 Å². The Kier molecular flexibility index (Phi) is 11.8. The first-order chi connectivity index (χ1) is 27.6. The van der Waals surface area contributed by atoms with E-state index in [2.05, 4.69) is 20.9 Å². The number of carbonyl (C=O) groups is 4. The molecule has 1 aliphatic heterocycles. The number of phenolic OH excluding ortho intramolecular Hbond substituents is 3. The van der Waals surface area contributed by atoms with E-state index in [1.54, 1.807) is 48.5 Å². The van der Waals surface area contributed by atoms with Crippen LogP contribution in [0.25, 0.3) is 43.6 Å². The SMILES string of the molecule is CC1(C)OB(c2ccc3c(C=O)c(O)ccc3c2)OC1(C)C.O=Cc1c(O)ccc2cc(-c3cccc(C(=O)O)n3)ccc12.O=Cc1c(O)ccc2cc(Br)ccc12. The second kappa shape index (κ2) is 16.6. The van der Waals surface area contributed by atoms with E-state index in [0.717, 1.165) is 42.4 Å². The van der Waals surface area contributed by atoms with Gasteiger partial charge in [-0.2, -0.15) is 0 Å². The molecule has 0 amide bonds. The zero-order valence-corrected chi connectivity index (χ0v) is 33.4. The number of aldehydes is 3. The van der Waals surface area contributed by atoms with E-state index in [1.165, 1.54) is 24.3 Å². The maximum absolute atomic E-state index is 11.1. The maximum Gasteiger partial charge on any atom is 0.494 e. The summed E-state index contributed by atoms with van der Waals surface area (Å²) in [7, 11) is -0.442. The summed E-state index contributed by atoms with van der Waals surface area (Å²) in [6, 6.07) is 31.0. The fourth-order valence-corrected chi connectivity index (χ4v) is 6.77. The van der Waals surface area contributed by atoms with Crippen LogP contribution >= 0.6 is 15.9 Å². The maximum atomic E-state index is 11.1. The molecule has 1 aromatic heterocycles. The second-order valence-electron chi connectivity index (χ2n) is 14.4. The average Bonchev–Trinajstić information content (AvgIpc) is 3.43. The van der Waals surface area contributed by atoms with Crippen LogP contribution < -0.4 is 5.46 Å². The summed E-state index contributed by atoms with van der Waals surface area (Å²) >= 11 is 3.35. The van der Waals surface area contributed by atoms with Crippen LogP contribution in [0.5, 0.6) is 17.2 Å². The van der Waals surface area contributed by atoms with E-state index in [4.69, 9.17) is 14.4 Å². The molecule has 6 aromatic carbocycles. The Balaban J connectivity index is 0.000000151. The number of carboxylic acid groups (broad SMARTS) is 1. The van der Waals surface area contributed by atoms with Crippen LogP contribution in [0.1, 0.15) is 69.3 Å². The number of hydrogen-bond acceptors (Lipinski definition) is 10. The molecule has 0 radical (unpaired) electrons. The van der Waals surface area contributed by atoms with E-state index in [0.29, 0.717) is 41.1 Å². The summed E-state index contributed by atoms with van der Waals surface area (Å²) in [6.07, 6.45) is 1.96. The Morgan fingerprint density at radius 2 is 1.09 bits per heavy atom. The number of benzene rings is 6. The van der Waals surface area contributed by atoms with Gasteiger partial charge in [0.25, 0.3) is 0 Å². The number of aromatic carboxylic acids is 1. The average molecular weight is 843 g/mol. The summed E-state index contributed by atoms with van der Waals surface area (Å²) in [5.41, 5.74) is 2.22. The van der Waals surface area contributed by atoms with Gasteiger partial charge in [-0.15, -0.1) is 0 Å². The third-order valence-corrected chi connectivity index (χ3v) is 10.7. The van der Waals surface area contributed by atoms with Crippen LogP contribution in [0.3, 0.4) is 0 Å². The van der Waals surface area contributed by atoms with Crippen molar-refractivity contribution in [1.29, 1.82) is 0 Å². The summed E-state index contributed by atoms with van der Waals surface area (Å²) in [6.45, 7) is 8.04. The van der Waals surface area contributed by atoms with Gasteiger partial charge in [-0.3, -0.25) is 14.4 Å². The topological polar surface area (TPSA) is 181 Å². The molecule has 7 aromatic rings. The van der Waals surface area contributed by atoms with E-state index < -0.39 is 24.3 Å². The van der Waals surface area contributed by atoms with Crippen molar-refractivity contribution in [2.24, 2.45) is 0 Å². The molecule has 58 heavy (non-hydrogen) atoms. The number of aromatic hydroxyl groups is 3. The van der Waals surface area contributed by atoms with E-state index in [1.807, 2.05) is 64.1 Å². The summed E-state index contributed by atoms with van der Waals surface area (Å²) < 4.78 is 13.0. The highest BCUT2D eigenvalue weighted by atomic mass is 79.9. The molecule has 1 saturated heterocycles. The molecule has 13 heteroatoms. The lowest BCUT2D eigenvalue weighted by Gasteiger charge is -2.32. The first kappa shape index (κ1) is 41.2. The Bertz CT molecular complexity index is 2730. The highest BCUT2D eigenvalue weighted by Crippen LogP contribution is 2.37. The van der Waals surface area contributed by atoms with Gasteiger partial charge >= 0.3 is 13.1 Å². The zero-order valence-electron chi connectivity index (χ0n) is 31.8. The van der Waals surface area contributed by atoms with E-state index >= 15 is 0 Å². The molecule has 0 atom stereocenters. The number of rotatable bonds is 6. The number of pyridine rings is 1. The van der Waals surface area contributed by atoms with Crippen molar-refractivity contribution >= 4 is 85.7 Å². The molecule has 11 nitrogen and oxygen atoms in total. The van der Waals surface area contributed by atoms with Crippen LogP contribution in [-0.4, -0.2) is 68.6 Å². The third-order valence-electron chi connectivity index (χ3n) is 10.2. The normalized spacial score (nSPS) is 13.9. The minimum atomic E-state index is -1.09. The highest BCUT2D eigenvalue weighted by molar-refractivity contribution is 9.10. The Morgan fingerprint density at radius 3 is 1.59 bits per heavy atom. The molecule has 1 fully saturated rings. The molecule has 0 spiro atoms. The number of aromatic nitrogens is 1. The number of fused-ring (bicyclic) bond motifs is 3. The quantitative estimate of drug-likeness (QED) is 0.0928. The van der Waals surface area contributed by atoms with Crippen LogP contribution in [0, 0.1) is 0 Å². The number of phenols is 3. The van der Waals surface area contributed by atoms with Gasteiger partial charge in [-0.1, -0.05) is 76.6 Å². The molecular formula is C45H37BBrNO10. The van der Waals surface area contributed by atoms with Gasteiger partial charge in [0.05, 0.1) is 33.6 Å². The van der Waals surface area contributed by atoms with Crippen molar-refractivity contribution in [2.45, 2.75) is 38.9 Å². The standard InChI is InChI=1S/C17H19BO4.C17H11NO4.C11H7BrO2/c1-16(2)17(3,4)22-18(21-16)12-6-7-13-11(9-12)5-8-15(20)14(13)10-19;19-9-13-12-6-4-11(8-10(12)5-7-16(13)20)14-2-1-3-15(18-14)17(21)22;12-8-2-3-9-7(5-8)1-4-11(14)10(9)6-13/h5-10,20H,1-4H3;1-9,20H,(H,21,22);1-6,14H. The predicted molar refractivity (Wildman–Crippen MR) is 227 cm³/mol. The van der Waals surface area contributed by atoms with Gasteiger partial charge < -0.3 is 29.7 Å². The fourth-order valence-electron chi connectivity index (χ4n) is 6.39. The lowest BCUT2D eigenvalue weighted by Crippen LogP contribution is -2.41. The largest absolute Gasteiger partial charge is 0.507 e. The minimum absolute atomic E-state index is 0.00844. The number of nitrogens with zero attached hydrogens (tertiary/aromatic N) is 1. The Morgan fingerprint density at radius 1 is 0.621 bits per heavy atom. The number of halogens is 1. The first-order valence-corrected chi connectivity index (χ1v) is 18.7. The third kappa shape index (κ3) is 8.33. The first-order valence-electron chi connectivity index (χ1n) is 17.9. The molecule has 0 bridgehead atoms. The molecule has 1 aliphatic rings. The van der Waals surface area contributed by atoms with Crippen molar-refractivity contribution < 1.29 is 48.9 Å². The lowest BCUT2D eigenvalue weighted by molar-refractivity contribution is 0.00578. The highest BCUT2D eigenvalue weighted by Gasteiger charge is 2.51. The monoisotopic (exact) mass is 841 g/mol. The lowest BCUT2D eigenvalue weighted by atomic mass is 9.78.